The van der Waals surface area contributed by atoms with Gasteiger partial charge in [-0.1, -0.05) is 18.2 Å². The number of amides is 1. The first kappa shape index (κ1) is 22.1. The Morgan fingerprint density at radius 1 is 1.18 bits per heavy atom. The van der Waals surface area contributed by atoms with Gasteiger partial charge in [-0.15, -0.1) is 0 Å². The number of furan rings is 2. The van der Waals surface area contributed by atoms with Crippen LogP contribution in [0, 0.1) is 0 Å². The Kier molecular flexibility index (Phi) is 6.29. The van der Waals surface area contributed by atoms with E-state index < -0.39 is 5.60 Å². The zero-order chi connectivity index (χ0) is 23.4. The van der Waals surface area contributed by atoms with E-state index in [9.17, 15) is 9.90 Å². The Bertz CT molecular complexity index is 1270. The van der Waals surface area contributed by atoms with Crippen molar-refractivity contribution < 1.29 is 18.7 Å². The highest BCUT2D eigenvalue weighted by Crippen LogP contribution is 2.35. The van der Waals surface area contributed by atoms with Crippen molar-refractivity contribution in [1.29, 1.82) is 0 Å². The summed E-state index contributed by atoms with van der Waals surface area (Å²) >= 11 is 0. The minimum absolute atomic E-state index is 0.251. The van der Waals surface area contributed by atoms with Crippen LogP contribution in [0.15, 0.2) is 82.1 Å². The van der Waals surface area contributed by atoms with Crippen molar-refractivity contribution in [3.05, 3.63) is 95.9 Å². The number of rotatable bonds is 7. The fraction of sp³-hybridized carbons (Fsp3) is 0.259. The minimum Gasteiger partial charge on any atom is -0.465 e. The average Bonchev–Trinajstić information content (AvgIpc) is 3.54. The van der Waals surface area contributed by atoms with E-state index in [1.54, 1.807) is 24.7 Å². The molecule has 0 aliphatic carbocycles. The summed E-state index contributed by atoms with van der Waals surface area (Å²) in [5.74, 6) is 0.810. The molecule has 0 saturated carbocycles. The standard InChI is InChI=1S/C27H27N3O4/c31-26(29-19-20-4-1-11-28-18-20)25-17-21-16-22(7-8-24(21)34-25)27(32)9-13-30(14-10-27)12-2-5-23-6-3-15-33-23/h1-8,11,15-18,32H,9-10,12-14,19H2,(H,29,31)/b5-2+. The van der Waals surface area contributed by atoms with E-state index in [2.05, 4.69) is 21.3 Å². The van der Waals surface area contributed by atoms with Crippen molar-refractivity contribution in [2.45, 2.75) is 25.0 Å². The monoisotopic (exact) mass is 457 g/mol. The van der Waals surface area contributed by atoms with Crippen LogP contribution in [0.1, 0.15) is 40.3 Å². The van der Waals surface area contributed by atoms with Crippen molar-refractivity contribution in [1.82, 2.24) is 15.2 Å². The molecule has 1 aromatic carbocycles. The molecule has 0 unspecified atom stereocenters. The van der Waals surface area contributed by atoms with Gasteiger partial charge in [0.15, 0.2) is 5.76 Å². The molecule has 1 fully saturated rings. The number of aliphatic hydroxyl groups is 1. The zero-order valence-corrected chi connectivity index (χ0v) is 18.8. The number of benzene rings is 1. The summed E-state index contributed by atoms with van der Waals surface area (Å²) < 4.78 is 11.1. The predicted molar refractivity (Wildman–Crippen MR) is 129 cm³/mol. The maximum absolute atomic E-state index is 12.5. The van der Waals surface area contributed by atoms with Gasteiger partial charge in [0.25, 0.3) is 5.91 Å². The summed E-state index contributed by atoms with van der Waals surface area (Å²) in [5, 5.41) is 15.0. The molecule has 4 heterocycles. The van der Waals surface area contributed by atoms with Crippen LogP contribution in [0.5, 0.6) is 0 Å². The molecule has 7 heteroatoms. The third-order valence-corrected chi connectivity index (χ3v) is 6.33. The summed E-state index contributed by atoms with van der Waals surface area (Å²) in [7, 11) is 0. The quantitative estimate of drug-likeness (QED) is 0.429. The molecule has 4 aromatic rings. The van der Waals surface area contributed by atoms with Gasteiger partial charge in [0.05, 0.1) is 11.9 Å². The van der Waals surface area contributed by atoms with Crippen LogP contribution in [0.25, 0.3) is 17.0 Å². The van der Waals surface area contributed by atoms with E-state index in [0.717, 1.165) is 41.9 Å². The Balaban J connectivity index is 1.21. The van der Waals surface area contributed by atoms with Crippen LogP contribution in [0.4, 0.5) is 0 Å². The van der Waals surface area contributed by atoms with Crippen LogP contribution < -0.4 is 5.32 Å². The van der Waals surface area contributed by atoms with Crippen LogP contribution in [-0.2, 0) is 12.1 Å². The number of carbonyl (C=O) groups excluding carboxylic acids is 1. The van der Waals surface area contributed by atoms with Gasteiger partial charge in [0, 0.05) is 44.0 Å². The van der Waals surface area contributed by atoms with Crippen LogP contribution in [-0.4, -0.2) is 40.5 Å². The number of hydrogen-bond acceptors (Lipinski definition) is 6. The lowest BCUT2D eigenvalue weighted by Crippen LogP contribution is -2.42. The second-order valence-corrected chi connectivity index (χ2v) is 8.66. The molecule has 7 nitrogen and oxygen atoms in total. The summed E-state index contributed by atoms with van der Waals surface area (Å²) in [6.07, 6.45) is 10.4. The third-order valence-electron chi connectivity index (χ3n) is 6.33. The molecule has 174 valence electrons. The van der Waals surface area contributed by atoms with E-state index in [0.29, 0.717) is 25.0 Å². The molecule has 0 bridgehead atoms. The zero-order valence-electron chi connectivity index (χ0n) is 18.8. The van der Waals surface area contributed by atoms with Crippen LogP contribution in [0.2, 0.25) is 0 Å². The molecular formula is C27H27N3O4. The highest BCUT2D eigenvalue weighted by molar-refractivity contribution is 5.96. The van der Waals surface area contributed by atoms with Crippen LogP contribution in [0.3, 0.4) is 0 Å². The van der Waals surface area contributed by atoms with Gasteiger partial charge >= 0.3 is 0 Å². The van der Waals surface area contributed by atoms with E-state index in [4.69, 9.17) is 8.83 Å². The fourth-order valence-corrected chi connectivity index (χ4v) is 4.32. The molecular weight excluding hydrogens is 430 g/mol. The molecule has 1 aliphatic heterocycles. The second-order valence-electron chi connectivity index (χ2n) is 8.66. The van der Waals surface area contributed by atoms with E-state index in [1.165, 1.54) is 0 Å². The molecule has 0 atom stereocenters. The van der Waals surface area contributed by atoms with Gasteiger partial charge in [-0.3, -0.25) is 14.7 Å². The highest BCUT2D eigenvalue weighted by Gasteiger charge is 2.34. The number of aromatic nitrogens is 1. The van der Waals surface area contributed by atoms with Gasteiger partial charge in [-0.05, 0) is 66.4 Å². The number of likely N-dealkylation sites (tertiary alicyclic amines) is 1. The van der Waals surface area contributed by atoms with E-state index >= 15 is 0 Å². The molecule has 0 spiro atoms. The molecule has 3 aromatic heterocycles. The van der Waals surface area contributed by atoms with Crippen LogP contribution >= 0.6 is 0 Å². The molecule has 1 amide bonds. The van der Waals surface area contributed by atoms with E-state index in [-0.39, 0.29) is 11.7 Å². The number of nitrogens with one attached hydrogen (secondary N) is 1. The topological polar surface area (TPSA) is 91.7 Å². The van der Waals surface area contributed by atoms with Crippen molar-refractivity contribution >= 4 is 23.0 Å². The summed E-state index contributed by atoms with van der Waals surface area (Å²) in [5.41, 5.74) is 1.50. The van der Waals surface area contributed by atoms with Gasteiger partial charge in [0.2, 0.25) is 0 Å². The first-order valence-corrected chi connectivity index (χ1v) is 11.5. The van der Waals surface area contributed by atoms with Crippen molar-refractivity contribution in [2.24, 2.45) is 0 Å². The Labute approximate surface area is 197 Å². The number of hydrogen-bond donors (Lipinski definition) is 2. The minimum atomic E-state index is -0.893. The molecule has 0 radical (unpaired) electrons. The maximum Gasteiger partial charge on any atom is 0.287 e. The number of carbonyl (C=O) groups is 1. The molecule has 1 aliphatic rings. The maximum atomic E-state index is 12.5. The molecule has 5 rings (SSSR count). The Hall–Kier alpha value is -3.68. The normalized spacial score (nSPS) is 16.3. The average molecular weight is 458 g/mol. The number of fused-ring (bicyclic) bond motifs is 1. The van der Waals surface area contributed by atoms with Crippen molar-refractivity contribution in [3.63, 3.8) is 0 Å². The molecule has 34 heavy (non-hydrogen) atoms. The highest BCUT2D eigenvalue weighted by atomic mass is 16.3. The predicted octanol–water partition coefficient (Wildman–Crippen LogP) is 4.35. The third kappa shape index (κ3) is 4.95. The molecule has 1 saturated heterocycles. The number of pyridine rings is 1. The van der Waals surface area contributed by atoms with Gasteiger partial charge in [0.1, 0.15) is 11.3 Å². The van der Waals surface area contributed by atoms with E-state index in [1.807, 2.05) is 48.5 Å². The fourth-order valence-electron chi connectivity index (χ4n) is 4.32. The van der Waals surface area contributed by atoms with Gasteiger partial charge < -0.3 is 19.3 Å². The second kappa shape index (κ2) is 9.67. The Morgan fingerprint density at radius 3 is 2.82 bits per heavy atom. The lowest BCUT2D eigenvalue weighted by atomic mass is 9.84. The molecule has 2 N–H and O–H groups in total. The summed E-state index contributed by atoms with van der Waals surface area (Å²) in [6, 6.07) is 14.9. The first-order valence-electron chi connectivity index (χ1n) is 11.5. The van der Waals surface area contributed by atoms with Crippen molar-refractivity contribution in [3.8, 4) is 0 Å². The smallest absolute Gasteiger partial charge is 0.287 e. The van der Waals surface area contributed by atoms with Gasteiger partial charge in [-0.25, -0.2) is 0 Å². The largest absolute Gasteiger partial charge is 0.465 e. The number of nitrogens with zero attached hydrogens (tertiary/aromatic N) is 2. The van der Waals surface area contributed by atoms with Crippen molar-refractivity contribution in [2.75, 3.05) is 19.6 Å². The lowest BCUT2D eigenvalue weighted by Gasteiger charge is -2.38. The van der Waals surface area contributed by atoms with Gasteiger partial charge in [-0.2, -0.15) is 0 Å². The lowest BCUT2D eigenvalue weighted by molar-refractivity contribution is -0.0232. The SMILES string of the molecule is O=C(NCc1cccnc1)c1cc2cc(C3(O)CCN(C/C=C/c4ccco4)CC3)ccc2o1. The Morgan fingerprint density at radius 2 is 2.06 bits per heavy atom. The summed E-state index contributed by atoms with van der Waals surface area (Å²) in [4.78, 5) is 18.9. The first-order chi connectivity index (χ1) is 16.6. The number of piperidine rings is 1. The summed E-state index contributed by atoms with van der Waals surface area (Å²) in [6.45, 7) is 2.78.